The highest BCUT2D eigenvalue weighted by molar-refractivity contribution is 6.23. The van der Waals surface area contributed by atoms with Crippen molar-refractivity contribution in [3.8, 4) is 0 Å². The Balaban J connectivity index is 1.39. The SMILES string of the molecule is CCC1(c2ccc3c(N(c4ccccc4)c4ccc(C(C)C)cc4)c4ccccc4c(N(c4ccccc4)c4ccc(C(C)C)cc4)c3c2)CC2CCCC(C2)C1. The monoisotopic (exact) mass is 746 g/mol. The van der Waals surface area contributed by atoms with Gasteiger partial charge in [0.1, 0.15) is 0 Å². The summed E-state index contributed by atoms with van der Waals surface area (Å²) in [5.41, 5.74) is 11.6. The summed E-state index contributed by atoms with van der Waals surface area (Å²) >= 11 is 0. The zero-order valence-corrected chi connectivity index (χ0v) is 34.6. The molecule has 2 aliphatic carbocycles. The zero-order valence-electron chi connectivity index (χ0n) is 34.6. The molecule has 0 radical (unpaired) electrons. The molecule has 57 heavy (non-hydrogen) atoms. The van der Waals surface area contributed by atoms with Crippen LogP contribution in [0.3, 0.4) is 0 Å². The van der Waals surface area contributed by atoms with E-state index in [2.05, 4.69) is 196 Å². The van der Waals surface area contributed by atoms with Gasteiger partial charge in [-0.25, -0.2) is 0 Å². The minimum absolute atomic E-state index is 0.188. The summed E-state index contributed by atoms with van der Waals surface area (Å²) in [6, 6.07) is 57.5. The number of hydrogen-bond donors (Lipinski definition) is 0. The van der Waals surface area contributed by atoms with Crippen molar-refractivity contribution >= 4 is 55.7 Å². The highest BCUT2D eigenvalue weighted by atomic mass is 15.2. The fourth-order valence-corrected chi connectivity index (χ4v) is 10.6. The number of fused-ring (bicyclic) bond motifs is 4. The van der Waals surface area contributed by atoms with E-state index in [9.17, 15) is 0 Å². The largest absolute Gasteiger partial charge is 0.309 e. The minimum atomic E-state index is 0.188. The second-order valence-corrected chi connectivity index (χ2v) is 17.8. The first-order chi connectivity index (χ1) is 27.8. The van der Waals surface area contributed by atoms with Gasteiger partial charge in [0.2, 0.25) is 0 Å². The van der Waals surface area contributed by atoms with Crippen molar-refractivity contribution in [3.05, 3.63) is 168 Å². The number of rotatable bonds is 10. The van der Waals surface area contributed by atoms with Gasteiger partial charge >= 0.3 is 0 Å². The molecule has 7 aromatic carbocycles. The van der Waals surface area contributed by atoms with E-state index in [0.717, 1.165) is 17.5 Å². The number of nitrogens with zero attached hydrogens (tertiary/aromatic N) is 2. The maximum atomic E-state index is 2.65. The fourth-order valence-electron chi connectivity index (χ4n) is 10.6. The molecular weight excluding hydrogens is 689 g/mol. The molecule has 9 rings (SSSR count). The van der Waals surface area contributed by atoms with E-state index in [0.29, 0.717) is 11.8 Å². The molecule has 2 saturated carbocycles. The topological polar surface area (TPSA) is 6.48 Å². The summed E-state index contributed by atoms with van der Waals surface area (Å²) in [5, 5.41) is 5.06. The summed E-state index contributed by atoms with van der Waals surface area (Å²) in [4.78, 5) is 5.06. The third-order valence-corrected chi connectivity index (χ3v) is 13.6. The van der Waals surface area contributed by atoms with E-state index in [1.807, 2.05) is 0 Å². The Morgan fingerprint density at radius 1 is 0.491 bits per heavy atom. The molecule has 2 fully saturated rings. The predicted octanol–water partition coefficient (Wildman–Crippen LogP) is 16.4. The van der Waals surface area contributed by atoms with Gasteiger partial charge in [-0.1, -0.05) is 151 Å². The lowest BCUT2D eigenvalue weighted by atomic mass is 9.57. The number of hydrogen-bond acceptors (Lipinski definition) is 2. The van der Waals surface area contributed by atoms with Crippen LogP contribution >= 0.6 is 0 Å². The highest BCUT2D eigenvalue weighted by Gasteiger charge is 2.42. The lowest BCUT2D eigenvalue weighted by Gasteiger charge is -2.47. The molecule has 2 bridgehead atoms. The Morgan fingerprint density at radius 3 is 1.37 bits per heavy atom. The van der Waals surface area contributed by atoms with E-state index in [1.165, 1.54) is 112 Å². The molecule has 2 nitrogen and oxygen atoms in total. The lowest BCUT2D eigenvalue weighted by Crippen LogP contribution is -2.38. The van der Waals surface area contributed by atoms with Crippen molar-refractivity contribution in [2.24, 2.45) is 11.8 Å². The molecule has 7 aromatic rings. The van der Waals surface area contributed by atoms with Crippen molar-refractivity contribution in [1.82, 2.24) is 0 Å². The van der Waals surface area contributed by atoms with E-state index < -0.39 is 0 Å². The lowest BCUT2D eigenvalue weighted by molar-refractivity contribution is 0.107. The van der Waals surface area contributed by atoms with Crippen LogP contribution in [0.25, 0.3) is 21.5 Å². The molecule has 2 atom stereocenters. The van der Waals surface area contributed by atoms with E-state index >= 15 is 0 Å². The van der Waals surface area contributed by atoms with Crippen molar-refractivity contribution in [1.29, 1.82) is 0 Å². The molecule has 0 aromatic heterocycles. The van der Waals surface area contributed by atoms with E-state index in [4.69, 9.17) is 0 Å². The van der Waals surface area contributed by atoms with E-state index in [1.54, 1.807) is 0 Å². The molecule has 2 aliphatic rings. The Kier molecular flexibility index (Phi) is 10.2. The summed E-state index contributed by atoms with van der Waals surface area (Å²) in [5.74, 6) is 2.60. The molecule has 0 amide bonds. The summed E-state index contributed by atoms with van der Waals surface area (Å²) in [6.45, 7) is 11.6. The smallest absolute Gasteiger partial charge is 0.0620 e. The molecule has 0 saturated heterocycles. The summed E-state index contributed by atoms with van der Waals surface area (Å²) < 4.78 is 0. The Hall–Kier alpha value is -5.34. The van der Waals surface area contributed by atoms with Gasteiger partial charge in [0.15, 0.2) is 0 Å². The van der Waals surface area contributed by atoms with E-state index in [-0.39, 0.29) is 5.41 Å². The molecule has 2 unspecified atom stereocenters. The van der Waals surface area contributed by atoms with Gasteiger partial charge in [-0.15, -0.1) is 0 Å². The van der Waals surface area contributed by atoms with Gasteiger partial charge in [0.25, 0.3) is 0 Å². The molecule has 2 heteroatoms. The van der Waals surface area contributed by atoms with Crippen molar-refractivity contribution < 1.29 is 0 Å². The Morgan fingerprint density at radius 2 is 0.912 bits per heavy atom. The Labute approximate surface area is 341 Å². The van der Waals surface area contributed by atoms with Crippen LogP contribution in [-0.4, -0.2) is 0 Å². The molecule has 288 valence electrons. The van der Waals surface area contributed by atoms with Crippen LogP contribution < -0.4 is 9.80 Å². The van der Waals surface area contributed by atoms with Crippen LogP contribution in [0.1, 0.15) is 108 Å². The van der Waals surface area contributed by atoms with Crippen LogP contribution in [0.2, 0.25) is 0 Å². The normalized spacial score (nSPS) is 19.4. The van der Waals surface area contributed by atoms with Crippen molar-refractivity contribution in [2.45, 2.75) is 96.8 Å². The van der Waals surface area contributed by atoms with Gasteiger partial charge in [0.05, 0.1) is 11.4 Å². The fraction of sp³-hybridized carbons (Fsp3) is 0.309. The standard InChI is InChI=1S/C55H58N2/c1-6-55(36-40-16-15-17-41(34-40)37-55)44-28-33-51-52(35-44)54(57(46-20-11-8-12-21-46)48-31-26-43(27-32-48)39(4)5)50-23-14-13-22-49(50)53(51)56(45-18-9-7-10-19-45)47-29-24-42(25-30-47)38(2)3/h7-14,18-33,35,38-41H,6,15-17,34,36-37H2,1-5H3. The number of anilines is 6. The first-order valence-electron chi connectivity index (χ1n) is 21.7. The minimum Gasteiger partial charge on any atom is -0.309 e. The average molecular weight is 747 g/mol. The average Bonchev–Trinajstić information content (AvgIpc) is 3.25. The molecule has 0 aliphatic heterocycles. The maximum absolute atomic E-state index is 2.65. The van der Waals surface area contributed by atoms with Gasteiger partial charge in [-0.3, -0.25) is 0 Å². The summed E-state index contributed by atoms with van der Waals surface area (Å²) in [7, 11) is 0. The second kappa shape index (κ2) is 15.5. The quantitative estimate of drug-likeness (QED) is 0.102. The van der Waals surface area contributed by atoms with Crippen LogP contribution in [-0.2, 0) is 5.41 Å². The third kappa shape index (κ3) is 6.92. The zero-order chi connectivity index (χ0) is 39.1. The van der Waals surface area contributed by atoms with Crippen molar-refractivity contribution in [2.75, 3.05) is 9.80 Å². The first-order valence-corrected chi connectivity index (χ1v) is 21.7. The molecule has 0 spiro atoms. The van der Waals surface area contributed by atoms with Gasteiger partial charge < -0.3 is 9.80 Å². The first kappa shape index (κ1) is 37.2. The maximum Gasteiger partial charge on any atom is 0.0620 e. The van der Waals surface area contributed by atoms with Crippen LogP contribution in [0.15, 0.2) is 152 Å². The van der Waals surface area contributed by atoms with Gasteiger partial charge in [-0.2, -0.15) is 0 Å². The predicted molar refractivity (Wildman–Crippen MR) is 246 cm³/mol. The highest BCUT2D eigenvalue weighted by Crippen LogP contribution is 2.55. The second-order valence-electron chi connectivity index (χ2n) is 17.8. The van der Waals surface area contributed by atoms with Crippen LogP contribution in [0, 0.1) is 11.8 Å². The van der Waals surface area contributed by atoms with Crippen LogP contribution in [0.4, 0.5) is 34.1 Å². The van der Waals surface area contributed by atoms with Gasteiger partial charge in [0, 0.05) is 44.3 Å². The van der Waals surface area contributed by atoms with Gasteiger partial charge in [-0.05, 0) is 126 Å². The van der Waals surface area contributed by atoms with Crippen LogP contribution in [0.5, 0.6) is 0 Å². The number of benzene rings is 7. The van der Waals surface area contributed by atoms with Crippen molar-refractivity contribution in [3.63, 3.8) is 0 Å². The number of para-hydroxylation sites is 2. The molecule has 0 N–H and O–H groups in total. The summed E-state index contributed by atoms with van der Waals surface area (Å²) in [6.07, 6.45) is 9.39. The molecule has 0 heterocycles. The third-order valence-electron chi connectivity index (χ3n) is 13.6. The molecular formula is C55H58N2. The Bertz CT molecular complexity index is 2450.